The molecule has 0 bridgehead atoms. The normalized spacial score (nSPS) is 22.1. The number of amides is 1. The molecule has 0 spiro atoms. The monoisotopic (exact) mass is 272 g/mol. The van der Waals surface area contributed by atoms with Crippen LogP contribution in [0.5, 0.6) is 0 Å². The minimum Gasteiger partial charge on any atom is -0.315 e. The second-order valence-corrected chi connectivity index (χ2v) is 6.60. The molecule has 1 N–H and O–H groups in total. The molecule has 1 aromatic rings. The number of anilines is 1. The molecule has 20 heavy (non-hydrogen) atoms. The summed E-state index contributed by atoms with van der Waals surface area (Å²) in [6.07, 6.45) is 5.79. The van der Waals surface area contributed by atoms with Crippen molar-refractivity contribution in [3.63, 3.8) is 0 Å². The Morgan fingerprint density at radius 1 is 1.30 bits per heavy atom. The summed E-state index contributed by atoms with van der Waals surface area (Å²) < 4.78 is 0. The molecule has 1 aliphatic carbocycles. The molecule has 1 aliphatic heterocycles. The summed E-state index contributed by atoms with van der Waals surface area (Å²) in [5.74, 6) is 0.199. The average molecular weight is 272 g/mol. The Kier molecular flexibility index (Phi) is 3.33. The van der Waals surface area contributed by atoms with Gasteiger partial charge in [-0.15, -0.1) is 0 Å². The number of nitrogens with one attached hydrogen (secondary N) is 1. The fraction of sp³-hybridized carbons (Fsp3) is 0.588. The summed E-state index contributed by atoms with van der Waals surface area (Å²) in [5.41, 5.74) is 3.93. The van der Waals surface area contributed by atoms with Gasteiger partial charge in [-0.3, -0.25) is 4.79 Å². The summed E-state index contributed by atoms with van der Waals surface area (Å²) in [7, 11) is 3.92. The fourth-order valence-electron chi connectivity index (χ4n) is 4.06. The molecule has 1 unspecified atom stereocenters. The minimum atomic E-state index is 0.199. The van der Waals surface area contributed by atoms with E-state index in [2.05, 4.69) is 37.5 Å². The minimum absolute atomic E-state index is 0.199. The van der Waals surface area contributed by atoms with Crippen LogP contribution in [0.1, 0.15) is 49.8 Å². The van der Waals surface area contributed by atoms with E-state index in [9.17, 15) is 4.79 Å². The van der Waals surface area contributed by atoms with Crippen molar-refractivity contribution in [3.05, 3.63) is 29.3 Å². The smallest absolute Gasteiger partial charge is 0.231 e. The van der Waals surface area contributed by atoms with Crippen molar-refractivity contribution in [1.29, 1.82) is 0 Å². The highest BCUT2D eigenvalue weighted by atomic mass is 16.2. The third-order valence-corrected chi connectivity index (χ3v) is 5.25. The Morgan fingerprint density at radius 2 is 2.00 bits per heavy atom. The molecule has 0 aromatic heterocycles. The highest BCUT2D eigenvalue weighted by molar-refractivity contribution is 6.00. The van der Waals surface area contributed by atoms with Gasteiger partial charge in [0.25, 0.3) is 0 Å². The van der Waals surface area contributed by atoms with Crippen LogP contribution >= 0.6 is 0 Å². The van der Waals surface area contributed by atoms with Crippen LogP contribution in [0.4, 0.5) is 5.69 Å². The second-order valence-electron chi connectivity index (χ2n) is 6.60. The predicted octanol–water partition coefficient (Wildman–Crippen LogP) is 3.05. The molecular weight excluding hydrogens is 248 g/mol. The van der Waals surface area contributed by atoms with Crippen molar-refractivity contribution in [1.82, 2.24) is 5.32 Å². The highest BCUT2D eigenvalue weighted by Crippen LogP contribution is 2.47. The molecule has 3 heteroatoms. The van der Waals surface area contributed by atoms with E-state index in [1.807, 2.05) is 7.05 Å². The number of hydrogen-bond acceptors (Lipinski definition) is 2. The largest absolute Gasteiger partial charge is 0.315 e. The summed E-state index contributed by atoms with van der Waals surface area (Å²) in [5, 5.41) is 3.52. The van der Waals surface area contributed by atoms with Crippen molar-refractivity contribution in [2.24, 2.45) is 5.41 Å². The van der Waals surface area contributed by atoms with Gasteiger partial charge in [-0.1, -0.05) is 31.9 Å². The second kappa shape index (κ2) is 4.88. The molecule has 1 fully saturated rings. The van der Waals surface area contributed by atoms with E-state index in [-0.39, 0.29) is 5.91 Å². The standard InChI is InChI=1S/C17H24N2O/c1-17(8-4-5-9-17)16(18-2)12-6-7-14-13(10-12)11-15(20)19(14)3/h6-7,10,16,18H,4-5,8-9,11H2,1-3H3. The number of carbonyl (C=O) groups excluding carboxylic acids is 1. The average Bonchev–Trinajstić information content (AvgIpc) is 2.97. The molecule has 1 saturated carbocycles. The van der Waals surface area contributed by atoms with Crippen LogP contribution in [-0.2, 0) is 11.2 Å². The summed E-state index contributed by atoms with van der Waals surface area (Å²) in [6, 6.07) is 6.93. The van der Waals surface area contributed by atoms with Crippen LogP contribution in [0.25, 0.3) is 0 Å². The van der Waals surface area contributed by atoms with Gasteiger partial charge < -0.3 is 10.2 Å². The van der Waals surface area contributed by atoms with Crippen LogP contribution in [0.3, 0.4) is 0 Å². The number of likely N-dealkylation sites (N-methyl/N-ethyl adjacent to an activating group) is 1. The van der Waals surface area contributed by atoms with E-state index in [1.165, 1.54) is 36.8 Å². The third kappa shape index (κ3) is 2.05. The number of hydrogen-bond donors (Lipinski definition) is 1. The zero-order valence-electron chi connectivity index (χ0n) is 12.7. The lowest BCUT2D eigenvalue weighted by Crippen LogP contribution is -2.32. The van der Waals surface area contributed by atoms with Crippen molar-refractivity contribution >= 4 is 11.6 Å². The van der Waals surface area contributed by atoms with E-state index in [4.69, 9.17) is 0 Å². The van der Waals surface area contributed by atoms with E-state index < -0.39 is 0 Å². The molecular formula is C17H24N2O. The fourth-order valence-corrected chi connectivity index (χ4v) is 4.06. The Bertz CT molecular complexity index is 532. The van der Waals surface area contributed by atoms with Gasteiger partial charge in [0.1, 0.15) is 0 Å². The lowest BCUT2D eigenvalue weighted by Gasteiger charge is -2.34. The molecule has 1 amide bonds. The Hall–Kier alpha value is -1.35. The molecule has 2 aliphatic rings. The first-order chi connectivity index (χ1) is 9.55. The molecule has 1 aromatic carbocycles. The number of benzene rings is 1. The van der Waals surface area contributed by atoms with Crippen molar-refractivity contribution in [2.45, 2.75) is 45.1 Å². The van der Waals surface area contributed by atoms with Gasteiger partial charge in [0.15, 0.2) is 0 Å². The van der Waals surface area contributed by atoms with Gasteiger partial charge in [-0.05, 0) is 42.5 Å². The molecule has 0 saturated heterocycles. The topological polar surface area (TPSA) is 32.3 Å². The molecule has 1 heterocycles. The molecule has 0 radical (unpaired) electrons. The summed E-state index contributed by atoms with van der Waals surface area (Å²) in [6.45, 7) is 2.39. The molecule has 1 atom stereocenters. The maximum Gasteiger partial charge on any atom is 0.231 e. The van der Waals surface area contributed by atoms with Crippen LogP contribution in [-0.4, -0.2) is 20.0 Å². The Balaban J connectivity index is 1.94. The number of fused-ring (bicyclic) bond motifs is 1. The van der Waals surface area contributed by atoms with E-state index in [0.717, 1.165) is 5.69 Å². The van der Waals surface area contributed by atoms with E-state index >= 15 is 0 Å². The lowest BCUT2D eigenvalue weighted by atomic mass is 9.77. The van der Waals surface area contributed by atoms with E-state index in [0.29, 0.717) is 17.9 Å². The molecule has 108 valence electrons. The number of nitrogens with zero attached hydrogens (tertiary/aromatic N) is 1. The third-order valence-electron chi connectivity index (χ3n) is 5.25. The van der Waals surface area contributed by atoms with Gasteiger partial charge in [-0.25, -0.2) is 0 Å². The zero-order chi connectivity index (χ0) is 14.3. The first-order valence-electron chi connectivity index (χ1n) is 7.62. The van der Waals surface area contributed by atoms with Crippen molar-refractivity contribution in [3.8, 4) is 0 Å². The quantitative estimate of drug-likeness (QED) is 0.917. The van der Waals surface area contributed by atoms with Gasteiger partial charge >= 0.3 is 0 Å². The van der Waals surface area contributed by atoms with Gasteiger partial charge in [0.05, 0.1) is 6.42 Å². The maximum atomic E-state index is 11.8. The maximum absolute atomic E-state index is 11.8. The number of rotatable bonds is 3. The van der Waals surface area contributed by atoms with E-state index in [1.54, 1.807) is 4.90 Å². The summed E-state index contributed by atoms with van der Waals surface area (Å²) >= 11 is 0. The molecule has 3 rings (SSSR count). The van der Waals surface area contributed by atoms with Crippen LogP contribution in [0.2, 0.25) is 0 Å². The van der Waals surface area contributed by atoms with Crippen molar-refractivity contribution < 1.29 is 4.79 Å². The highest BCUT2D eigenvalue weighted by Gasteiger charge is 2.37. The van der Waals surface area contributed by atoms with Gasteiger partial charge in [-0.2, -0.15) is 0 Å². The number of carbonyl (C=O) groups is 1. The van der Waals surface area contributed by atoms with Gasteiger partial charge in [0.2, 0.25) is 5.91 Å². The van der Waals surface area contributed by atoms with Gasteiger partial charge in [0, 0.05) is 18.8 Å². The first kappa shape index (κ1) is 13.6. The first-order valence-corrected chi connectivity index (χ1v) is 7.62. The van der Waals surface area contributed by atoms with Crippen LogP contribution in [0, 0.1) is 5.41 Å². The molecule has 3 nitrogen and oxygen atoms in total. The zero-order valence-corrected chi connectivity index (χ0v) is 12.7. The predicted molar refractivity (Wildman–Crippen MR) is 81.9 cm³/mol. The van der Waals surface area contributed by atoms with Crippen molar-refractivity contribution in [2.75, 3.05) is 19.0 Å². The Labute approximate surface area is 121 Å². The summed E-state index contributed by atoms with van der Waals surface area (Å²) in [4.78, 5) is 13.6. The van der Waals surface area contributed by atoms with Crippen LogP contribution < -0.4 is 10.2 Å². The Morgan fingerprint density at radius 3 is 2.65 bits per heavy atom. The lowest BCUT2D eigenvalue weighted by molar-refractivity contribution is -0.117. The SMILES string of the molecule is CNC(c1ccc2c(c1)CC(=O)N2C)C1(C)CCCC1. The van der Waals surface area contributed by atoms with Crippen LogP contribution in [0.15, 0.2) is 18.2 Å².